The molecule has 2 unspecified atom stereocenters. The Kier molecular flexibility index (Phi) is 7.15. The molecule has 20 heavy (non-hydrogen) atoms. The molecule has 1 aromatic rings. The van der Waals surface area contributed by atoms with Crippen molar-refractivity contribution in [2.75, 3.05) is 6.54 Å². The third-order valence-electron chi connectivity index (χ3n) is 2.88. The summed E-state index contributed by atoms with van der Waals surface area (Å²) in [5.41, 5.74) is 1.05. The molecule has 0 aliphatic rings. The highest BCUT2D eigenvalue weighted by Crippen LogP contribution is 2.08. The van der Waals surface area contributed by atoms with E-state index >= 15 is 0 Å². The van der Waals surface area contributed by atoms with Crippen LogP contribution in [-0.4, -0.2) is 29.7 Å². The molecule has 2 atom stereocenters. The highest BCUT2D eigenvalue weighted by molar-refractivity contribution is 7.81. The number of amides is 2. The first-order chi connectivity index (χ1) is 9.54. The molecule has 0 fully saturated rings. The molecule has 0 aromatic heterocycles. The maximum absolute atomic E-state index is 12.0. The predicted octanol–water partition coefficient (Wildman–Crippen LogP) is 1.56. The number of carbonyl (C=O) groups is 2. The molecule has 0 radical (unpaired) electrons. The maximum atomic E-state index is 12.0. The van der Waals surface area contributed by atoms with Crippen LogP contribution in [0.5, 0.6) is 0 Å². The van der Waals surface area contributed by atoms with Gasteiger partial charge >= 0.3 is 0 Å². The van der Waals surface area contributed by atoms with Gasteiger partial charge in [0.05, 0.1) is 5.25 Å². The van der Waals surface area contributed by atoms with Crippen LogP contribution >= 0.6 is 12.6 Å². The molecule has 0 saturated carbocycles. The zero-order valence-electron chi connectivity index (χ0n) is 11.9. The van der Waals surface area contributed by atoms with Crippen molar-refractivity contribution >= 4 is 24.4 Å². The minimum atomic E-state index is -0.542. The summed E-state index contributed by atoms with van der Waals surface area (Å²) in [7, 11) is 0. The summed E-state index contributed by atoms with van der Waals surface area (Å²) >= 11 is 4.31. The Morgan fingerprint density at radius 2 is 1.85 bits per heavy atom. The lowest BCUT2D eigenvalue weighted by atomic mass is 10.1. The molecule has 0 aliphatic carbocycles. The average molecular weight is 294 g/mol. The van der Waals surface area contributed by atoms with Crippen LogP contribution in [0, 0.1) is 0 Å². The lowest BCUT2D eigenvalue weighted by molar-refractivity contribution is -0.128. The number of benzene rings is 1. The zero-order chi connectivity index (χ0) is 15.0. The molecule has 110 valence electrons. The maximum Gasteiger partial charge on any atom is 0.242 e. The summed E-state index contributed by atoms with van der Waals surface area (Å²) in [6.07, 6.45) is 1.41. The van der Waals surface area contributed by atoms with Gasteiger partial charge in [-0.25, -0.2) is 0 Å². The van der Waals surface area contributed by atoms with E-state index in [1.165, 1.54) is 0 Å². The first-order valence-corrected chi connectivity index (χ1v) is 7.36. The van der Waals surface area contributed by atoms with E-state index in [1.54, 1.807) is 6.92 Å². The SMILES string of the molecule is CCCNC(=O)C(C)NC(=O)C(S)Cc1ccccc1. The van der Waals surface area contributed by atoms with E-state index in [0.29, 0.717) is 13.0 Å². The van der Waals surface area contributed by atoms with Crippen molar-refractivity contribution in [3.05, 3.63) is 35.9 Å². The summed E-state index contributed by atoms with van der Waals surface area (Å²) < 4.78 is 0. The van der Waals surface area contributed by atoms with Crippen LogP contribution < -0.4 is 10.6 Å². The van der Waals surface area contributed by atoms with Crippen molar-refractivity contribution in [3.8, 4) is 0 Å². The second-order valence-corrected chi connectivity index (χ2v) is 5.35. The molecule has 0 heterocycles. The van der Waals surface area contributed by atoms with Crippen LogP contribution in [0.4, 0.5) is 0 Å². The van der Waals surface area contributed by atoms with E-state index in [1.807, 2.05) is 37.3 Å². The smallest absolute Gasteiger partial charge is 0.242 e. The van der Waals surface area contributed by atoms with Gasteiger partial charge in [-0.3, -0.25) is 9.59 Å². The van der Waals surface area contributed by atoms with E-state index in [4.69, 9.17) is 0 Å². The van der Waals surface area contributed by atoms with Crippen molar-refractivity contribution < 1.29 is 9.59 Å². The quantitative estimate of drug-likeness (QED) is 0.668. The Hall–Kier alpha value is -1.49. The highest BCUT2D eigenvalue weighted by Gasteiger charge is 2.20. The Morgan fingerprint density at radius 1 is 1.20 bits per heavy atom. The topological polar surface area (TPSA) is 58.2 Å². The van der Waals surface area contributed by atoms with Crippen LogP contribution in [0.25, 0.3) is 0 Å². The van der Waals surface area contributed by atoms with E-state index in [-0.39, 0.29) is 11.8 Å². The van der Waals surface area contributed by atoms with Crippen molar-refractivity contribution in [2.24, 2.45) is 0 Å². The fourth-order valence-electron chi connectivity index (χ4n) is 1.71. The number of carbonyl (C=O) groups excluding carboxylic acids is 2. The fourth-order valence-corrected chi connectivity index (χ4v) is 1.99. The summed E-state index contributed by atoms with van der Waals surface area (Å²) in [6, 6.07) is 9.14. The van der Waals surface area contributed by atoms with Crippen molar-refractivity contribution in [1.82, 2.24) is 10.6 Å². The molecule has 4 nitrogen and oxygen atoms in total. The van der Waals surface area contributed by atoms with Crippen molar-refractivity contribution in [2.45, 2.75) is 38.0 Å². The fraction of sp³-hybridized carbons (Fsp3) is 0.467. The average Bonchev–Trinajstić information content (AvgIpc) is 2.45. The summed E-state index contributed by atoms with van der Waals surface area (Å²) in [4.78, 5) is 23.6. The van der Waals surface area contributed by atoms with Crippen LogP contribution in [0.2, 0.25) is 0 Å². The van der Waals surface area contributed by atoms with Gasteiger partial charge in [0.15, 0.2) is 0 Å². The molecular formula is C15H22N2O2S. The third-order valence-corrected chi connectivity index (χ3v) is 3.29. The summed E-state index contributed by atoms with van der Waals surface area (Å²) in [6.45, 7) is 4.27. The molecular weight excluding hydrogens is 272 g/mol. The lowest BCUT2D eigenvalue weighted by Gasteiger charge is -2.17. The number of rotatable bonds is 7. The number of nitrogens with one attached hydrogen (secondary N) is 2. The largest absolute Gasteiger partial charge is 0.354 e. The highest BCUT2D eigenvalue weighted by atomic mass is 32.1. The number of hydrogen-bond acceptors (Lipinski definition) is 3. The monoisotopic (exact) mass is 294 g/mol. The normalized spacial score (nSPS) is 13.3. The molecule has 2 N–H and O–H groups in total. The molecule has 0 aliphatic heterocycles. The standard InChI is InChI=1S/C15H22N2O2S/c1-3-9-16-14(18)11(2)17-15(19)13(20)10-12-7-5-4-6-8-12/h4-8,11,13,20H,3,9-10H2,1-2H3,(H,16,18)(H,17,19). The molecule has 0 saturated heterocycles. The second kappa shape index (κ2) is 8.64. The van der Waals surface area contributed by atoms with Crippen LogP contribution in [-0.2, 0) is 16.0 Å². The first-order valence-electron chi connectivity index (χ1n) is 6.84. The van der Waals surface area contributed by atoms with Crippen LogP contribution in [0.15, 0.2) is 30.3 Å². The lowest BCUT2D eigenvalue weighted by Crippen LogP contribution is -2.47. The van der Waals surface area contributed by atoms with Gasteiger partial charge in [0.1, 0.15) is 6.04 Å². The minimum absolute atomic E-state index is 0.166. The summed E-state index contributed by atoms with van der Waals surface area (Å²) in [5, 5.41) is 4.97. The molecule has 0 bridgehead atoms. The van der Waals surface area contributed by atoms with Crippen LogP contribution in [0.3, 0.4) is 0 Å². The van der Waals surface area contributed by atoms with Gasteiger partial charge < -0.3 is 10.6 Å². The Labute approximate surface area is 125 Å². The molecule has 5 heteroatoms. The van der Waals surface area contributed by atoms with Crippen LogP contribution in [0.1, 0.15) is 25.8 Å². The van der Waals surface area contributed by atoms with Crippen molar-refractivity contribution in [3.63, 3.8) is 0 Å². The second-order valence-electron chi connectivity index (χ2n) is 4.73. The minimum Gasteiger partial charge on any atom is -0.354 e. The third kappa shape index (κ3) is 5.65. The van der Waals surface area contributed by atoms with E-state index in [9.17, 15) is 9.59 Å². The molecule has 1 aromatic carbocycles. The van der Waals surface area contributed by atoms with Crippen molar-refractivity contribution in [1.29, 1.82) is 0 Å². The van der Waals surface area contributed by atoms with Gasteiger partial charge in [0.25, 0.3) is 0 Å². The molecule has 2 amide bonds. The van der Waals surface area contributed by atoms with Gasteiger partial charge in [-0.05, 0) is 25.3 Å². The first kappa shape index (κ1) is 16.6. The zero-order valence-corrected chi connectivity index (χ0v) is 12.8. The van der Waals surface area contributed by atoms with E-state index in [0.717, 1.165) is 12.0 Å². The molecule has 0 spiro atoms. The summed E-state index contributed by atoms with van der Waals surface area (Å²) in [5.74, 6) is -0.392. The van der Waals surface area contributed by atoms with E-state index in [2.05, 4.69) is 23.3 Å². The van der Waals surface area contributed by atoms with Gasteiger partial charge in [-0.1, -0.05) is 37.3 Å². The number of hydrogen-bond donors (Lipinski definition) is 3. The van der Waals surface area contributed by atoms with Gasteiger partial charge in [-0.15, -0.1) is 0 Å². The molecule has 1 rings (SSSR count). The predicted molar refractivity (Wildman–Crippen MR) is 83.8 cm³/mol. The van der Waals surface area contributed by atoms with Gasteiger partial charge in [0, 0.05) is 6.54 Å². The van der Waals surface area contributed by atoms with Gasteiger partial charge in [-0.2, -0.15) is 12.6 Å². The van der Waals surface area contributed by atoms with Gasteiger partial charge in [0.2, 0.25) is 11.8 Å². The Morgan fingerprint density at radius 3 is 2.45 bits per heavy atom. The number of thiol groups is 1. The Bertz CT molecular complexity index is 437. The Balaban J connectivity index is 2.43. The van der Waals surface area contributed by atoms with E-state index < -0.39 is 11.3 Å².